The van der Waals surface area contributed by atoms with E-state index in [0.29, 0.717) is 23.8 Å². The Bertz CT molecular complexity index is 1310. The predicted molar refractivity (Wildman–Crippen MR) is 151 cm³/mol. The molecule has 2 aliphatic carbocycles. The SMILES string of the molecule is C/C(=N\OC(C)(C)C(=O)O)c1nc2ccccc2n(C2CC3CCC(C2)N3C2CC3CCCCC(C3)C2)c1=O. The summed E-state index contributed by atoms with van der Waals surface area (Å²) in [6, 6.07) is 9.67. The number of oxime groups is 1. The first-order chi connectivity index (χ1) is 18.7. The van der Waals surface area contributed by atoms with Gasteiger partial charge in [0.1, 0.15) is 5.71 Å². The maximum atomic E-state index is 14.0. The van der Waals surface area contributed by atoms with E-state index in [2.05, 4.69) is 15.0 Å². The Morgan fingerprint density at radius 1 is 0.949 bits per heavy atom. The van der Waals surface area contributed by atoms with Crippen molar-refractivity contribution in [3.05, 3.63) is 40.3 Å². The van der Waals surface area contributed by atoms with Crippen molar-refractivity contribution in [3.8, 4) is 0 Å². The van der Waals surface area contributed by atoms with Gasteiger partial charge in [0.2, 0.25) is 5.60 Å². The summed E-state index contributed by atoms with van der Waals surface area (Å²) in [5, 5.41) is 13.4. The van der Waals surface area contributed by atoms with Gasteiger partial charge in [-0.05, 0) is 89.7 Å². The van der Waals surface area contributed by atoms with E-state index in [4.69, 9.17) is 4.84 Å². The molecule has 39 heavy (non-hydrogen) atoms. The van der Waals surface area contributed by atoms with Crippen molar-refractivity contribution < 1.29 is 14.7 Å². The van der Waals surface area contributed by atoms with Gasteiger partial charge in [0, 0.05) is 24.2 Å². The Morgan fingerprint density at radius 3 is 2.23 bits per heavy atom. The number of carboxylic acid groups (broad SMARTS) is 1. The number of benzene rings is 1. The lowest BCUT2D eigenvalue weighted by atomic mass is 9.76. The van der Waals surface area contributed by atoms with Crippen molar-refractivity contribution >= 4 is 22.7 Å². The van der Waals surface area contributed by atoms with Gasteiger partial charge in [-0.15, -0.1) is 0 Å². The number of rotatable bonds is 6. The number of aromatic nitrogens is 2. The van der Waals surface area contributed by atoms with E-state index in [-0.39, 0.29) is 17.3 Å². The fraction of sp³-hybridized carbons (Fsp3) is 0.677. The molecule has 4 fully saturated rings. The summed E-state index contributed by atoms with van der Waals surface area (Å²) in [5.41, 5.74) is 0.436. The van der Waals surface area contributed by atoms with E-state index < -0.39 is 11.6 Å². The van der Waals surface area contributed by atoms with Crippen LogP contribution in [0.1, 0.15) is 103 Å². The van der Waals surface area contributed by atoms with Gasteiger partial charge in [0.15, 0.2) is 5.69 Å². The highest BCUT2D eigenvalue weighted by atomic mass is 16.7. The number of fused-ring (bicyclic) bond motifs is 5. The van der Waals surface area contributed by atoms with E-state index in [9.17, 15) is 14.7 Å². The molecule has 3 heterocycles. The summed E-state index contributed by atoms with van der Waals surface area (Å²) in [6.45, 7) is 4.53. The van der Waals surface area contributed by atoms with E-state index >= 15 is 0 Å². The lowest BCUT2D eigenvalue weighted by Gasteiger charge is -2.48. The van der Waals surface area contributed by atoms with Gasteiger partial charge in [-0.2, -0.15) is 0 Å². The van der Waals surface area contributed by atoms with Crippen LogP contribution in [-0.4, -0.2) is 55.0 Å². The van der Waals surface area contributed by atoms with Gasteiger partial charge in [-0.25, -0.2) is 9.78 Å². The van der Waals surface area contributed by atoms with Gasteiger partial charge in [-0.1, -0.05) is 43.0 Å². The van der Waals surface area contributed by atoms with E-state index in [0.717, 1.165) is 35.7 Å². The Morgan fingerprint density at radius 2 is 1.59 bits per heavy atom. The number of carbonyl (C=O) groups is 1. The van der Waals surface area contributed by atoms with Crippen LogP contribution in [0.25, 0.3) is 11.0 Å². The zero-order chi connectivity index (χ0) is 27.3. The van der Waals surface area contributed by atoms with Crippen LogP contribution in [-0.2, 0) is 9.63 Å². The van der Waals surface area contributed by atoms with Gasteiger partial charge in [0.05, 0.1) is 11.0 Å². The summed E-state index contributed by atoms with van der Waals surface area (Å²) < 4.78 is 1.96. The van der Waals surface area contributed by atoms with Crippen LogP contribution in [0.2, 0.25) is 0 Å². The second-order valence-corrected chi connectivity index (χ2v) is 13.0. The molecule has 1 aromatic carbocycles. The third-order valence-corrected chi connectivity index (χ3v) is 9.97. The molecule has 210 valence electrons. The number of piperidine rings is 1. The Labute approximate surface area is 230 Å². The van der Waals surface area contributed by atoms with Crippen molar-refractivity contribution in [2.24, 2.45) is 17.0 Å². The average molecular weight is 535 g/mol. The molecule has 4 atom stereocenters. The molecule has 8 heteroatoms. The standard InChI is InChI=1S/C31H42N4O4/c1-19(33-39-31(2,3)30(37)38)28-29(36)35(27-11-7-6-10-26(27)32-28)25-17-22-12-13-23(18-25)34(22)24-15-20-8-4-5-9-21(14-20)16-24/h6-7,10-11,20-25H,4-5,8-9,12-18H2,1-3H3,(H,37,38)/b33-19+. The number of hydrogen-bond donors (Lipinski definition) is 1. The number of nitrogens with zero attached hydrogens (tertiary/aromatic N) is 4. The van der Waals surface area contributed by atoms with Crippen molar-refractivity contribution in [1.82, 2.24) is 14.5 Å². The molecule has 6 rings (SSSR count). The summed E-state index contributed by atoms with van der Waals surface area (Å²) >= 11 is 0. The fourth-order valence-corrected chi connectivity index (χ4v) is 8.12. The molecule has 4 unspecified atom stereocenters. The molecular weight excluding hydrogens is 492 g/mol. The maximum absolute atomic E-state index is 14.0. The summed E-state index contributed by atoms with van der Waals surface area (Å²) in [4.78, 5) is 38.3. The monoisotopic (exact) mass is 534 g/mol. The van der Waals surface area contributed by atoms with Crippen LogP contribution in [0, 0.1) is 11.8 Å². The second-order valence-electron chi connectivity index (χ2n) is 13.0. The quantitative estimate of drug-likeness (QED) is 0.387. The number of hydrogen-bond acceptors (Lipinski definition) is 6. The van der Waals surface area contributed by atoms with E-state index in [1.54, 1.807) is 6.92 Å². The van der Waals surface area contributed by atoms with Crippen LogP contribution in [0.4, 0.5) is 0 Å². The first kappa shape index (κ1) is 26.5. The zero-order valence-electron chi connectivity index (χ0n) is 23.5. The molecular formula is C31H42N4O4. The third kappa shape index (κ3) is 5.01. The van der Waals surface area contributed by atoms with Gasteiger partial charge in [0.25, 0.3) is 5.56 Å². The number of carboxylic acids is 1. The summed E-state index contributed by atoms with van der Waals surface area (Å²) in [7, 11) is 0. The van der Waals surface area contributed by atoms with Crippen molar-refractivity contribution in [1.29, 1.82) is 0 Å². The van der Waals surface area contributed by atoms with Crippen LogP contribution < -0.4 is 5.56 Å². The minimum Gasteiger partial charge on any atom is -0.478 e. The third-order valence-electron chi connectivity index (χ3n) is 9.97. The Kier molecular flexibility index (Phi) is 7.02. The maximum Gasteiger partial charge on any atom is 0.350 e. The molecule has 2 saturated carbocycles. The minimum atomic E-state index is -1.50. The zero-order valence-corrected chi connectivity index (χ0v) is 23.5. The molecule has 1 N–H and O–H groups in total. The molecule has 4 bridgehead atoms. The van der Waals surface area contributed by atoms with Gasteiger partial charge in [-0.3, -0.25) is 9.69 Å². The first-order valence-corrected chi connectivity index (χ1v) is 15.0. The molecule has 2 aromatic rings. The molecule has 1 aromatic heterocycles. The molecule has 8 nitrogen and oxygen atoms in total. The average Bonchev–Trinajstić information content (AvgIpc) is 3.06. The second kappa shape index (κ2) is 10.3. The largest absolute Gasteiger partial charge is 0.478 e. The molecule has 2 saturated heterocycles. The van der Waals surface area contributed by atoms with Crippen molar-refractivity contribution in [3.63, 3.8) is 0 Å². The highest BCUT2D eigenvalue weighted by Gasteiger charge is 2.47. The summed E-state index contributed by atoms with van der Waals surface area (Å²) in [5.74, 6) is 0.680. The lowest BCUT2D eigenvalue weighted by Crippen LogP contribution is -2.52. The van der Waals surface area contributed by atoms with Crippen LogP contribution >= 0.6 is 0 Å². The highest BCUT2D eigenvalue weighted by Crippen LogP contribution is 2.47. The number of aliphatic carboxylic acids is 1. The van der Waals surface area contributed by atoms with E-state index in [1.165, 1.54) is 71.6 Å². The Balaban J connectivity index is 1.30. The molecule has 4 aliphatic rings. The fourth-order valence-electron chi connectivity index (χ4n) is 8.12. The number of para-hydroxylation sites is 2. The van der Waals surface area contributed by atoms with Crippen LogP contribution in [0.5, 0.6) is 0 Å². The smallest absolute Gasteiger partial charge is 0.350 e. The van der Waals surface area contributed by atoms with Gasteiger partial charge < -0.3 is 14.5 Å². The predicted octanol–water partition coefficient (Wildman–Crippen LogP) is 5.53. The lowest BCUT2D eigenvalue weighted by molar-refractivity contribution is -0.161. The van der Waals surface area contributed by atoms with Crippen molar-refractivity contribution in [2.45, 2.75) is 121 Å². The summed E-state index contributed by atoms with van der Waals surface area (Å²) in [6.07, 6.45) is 14.2. The molecule has 0 spiro atoms. The van der Waals surface area contributed by atoms with Crippen molar-refractivity contribution in [2.75, 3.05) is 0 Å². The highest BCUT2D eigenvalue weighted by molar-refractivity contribution is 5.97. The van der Waals surface area contributed by atoms with Crippen LogP contribution in [0.3, 0.4) is 0 Å². The van der Waals surface area contributed by atoms with Gasteiger partial charge >= 0.3 is 5.97 Å². The Hall–Kier alpha value is -2.74. The van der Waals surface area contributed by atoms with E-state index in [1.807, 2.05) is 28.8 Å². The topological polar surface area (TPSA) is 97.0 Å². The van der Waals surface area contributed by atoms with Crippen LogP contribution in [0.15, 0.2) is 34.2 Å². The first-order valence-electron chi connectivity index (χ1n) is 15.0. The normalized spacial score (nSPS) is 31.7. The molecule has 0 amide bonds. The molecule has 0 radical (unpaired) electrons. The molecule has 2 aliphatic heterocycles. The minimum absolute atomic E-state index is 0.105.